The highest BCUT2D eigenvalue weighted by molar-refractivity contribution is 6.03. The lowest BCUT2D eigenvalue weighted by molar-refractivity contribution is -0.384. The number of non-ortho nitro benzene ring substituents is 1. The van der Waals surface area contributed by atoms with Crippen LogP contribution in [0.1, 0.15) is 108 Å². The summed E-state index contributed by atoms with van der Waals surface area (Å²) in [5.74, 6) is 0.353. The number of carbonyl (C=O) groups is 1. The van der Waals surface area contributed by atoms with Crippen LogP contribution in [0.15, 0.2) is 71.9 Å². The lowest BCUT2D eigenvalue weighted by Gasteiger charge is -2.60. The molecule has 6 unspecified atom stereocenters. The van der Waals surface area contributed by atoms with Gasteiger partial charge in [-0.3, -0.25) is 14.9 Å². The van der Waals surface area contributed by atoms with Gasteiger partial charge in [-0.15, -0.1) is 6.58 Å². The fourth-order valence-electron chi connectivity index (χ4n) is 10.1. The van der Waals surface area contributed by atoms with Gasteiger partial charge in [0.05, 0.1) is 29.2 Å². The van der Waals surface area contributed by atoms with Crippen molar-refractivity contribution in [3.63, 3.8) is 0 Å². The predicted octanol–water partition coefficient (Wildman–Crippen LogP) is 8.86. The summed E-state index contributed by atoms with van der Waals surface area (Å²) in [5.41, 5.74) is 2.58. The Hall–Kier alpha value is -4.26. The molecular weight excluding hydrogens is 727 g/mol. The van der Waals surface area contributed by atoms with Crippen LogP contribution in [-0.4, -0.2) is 77.0 Å². The summed E-state index contributed by atoms with van der Waals surface area (Å²) in [7, 11) is 1.55. The number of ether oxygens (including phenoxy) is 3. The van der Waals surface area contributed by atoms with Gasteiger partial charge in [0.25, 0.3) is 5.69 Å². The van der Waals surface area contributed by atoms with Crippen LogP contribution in [0.3, 0.4) is 0 Å². The number of aliphatic hydroxyl groups excluding tert-OH is 2. The topological polar surface area (TPSA) is 153 Å². The maximum absolute atomic E-state index is 14.6. The first-order chi connectivity index (χ1) is 27.8. The Morgan fingerprint density at radius 2 is 1.82 bits per heavy atom. The van der Waals surface area contributed by atoms with Crippen LogP contribution in [0.4, 0.5) is 5.69 Å². The molecule has 6 rings (SSSR count). The SMILES string of the molecule is C=CCOC12Oc3ccc(Oc4cccc([N+](=O)[O-])c4)cc3C3C(CCCCO)C(CCCCO)C=C(C(=NOC)CC1N(CCC)C(=O)CCC1CCCC1)C32. The first-order valence-corrected chi connectivity index (χ1v) is 21.1. The van der Waals surface area contributed by atoms with E-state index in [0.717, 1.165) is 55.4 Å². The number of nitro benzene ring substituents is 1. The molecule has 0 aromatic heterocycles. The average Bonchev–Trinajstić information content (AvgIpc) is 3.74. The Balaban J connectivity index is 1.53. The molecule has 0 spiro atoms. The van der Waals surface area contributed by atoms with Crippen molar-refractivity contribution in [3.05, 3.63) is 82.4 Å². The number of hydrogen-bond acceptors (Lipinski definition) is 10. The Kier molecular flexibility index (Phi) is 14.8. The Morgan fingerprint density at radius 3 is 2.53 bits per heavy atom. The van der Waals surface area contributed by atoms with E-state index < -0.39 is 22.7 Å². The number of hydrogen-bond donors (Lipinski definition) is 2. The number of rotatable bonds is 21. The monoisotopic (exact) mass is 787 g/mol. The number of nitro groups is 1. The van der Waals surface area contributed by atoms with Gasteiger partial charge in [-0.2, -0.15) is 0 Å². The highest BCUT2D eigenvalue weighted by atomic mass is 16.7. The smallest absolute Gasteiger partial charge is 0.273 e. The van der Waals surface area contributed by atoms with Gasteiger partial charge in [-0.05, 0) is 86.1 Å². The summed E-state index contributed by atoms with van der Waals surface area (Å²) in [5, 5.41) is 36.0. The molecule has 0 bridgehead atoms. The van der Waals surface area contributed by atoms with Crippen molar-refractivity contribution in [1.29, 1.82) is 0 Å². The molecule has 1 amide bonds. The average molecular weight is 788 g/mol. The van der Waals surface area contributed by atoms with Gasteiger partial charge in [0.2, 0.25) is 11.7 Å². The molecule has 1 heterocycles. The van der Waals surface area contributed by atoms with Gasteiger partial charge in [-0.1, -0.05) is 68.8 Å². The van der Waals surface area contributed by atoms with E-state index in [0.29, 0.717) is 55.4 Å². The van der Waals surface area contributed by atoms with Crippen LogP contribution in [0.2, 0.25) is 0 Å². The van der Waals surface area contributed by atoms with E-state index in [2.05, 4.69) is 24.7 Å². The lowest BCUT2D eigenvalue weighted by Crippen LogP contribution is -2.70. The fourth-order valence-corrected chi connectivity index (χ4v) is 10.1. The second kappa shape index (κ2) is 19.9. The van der Waals surface area contributed by atoms with E-state index in [9.17, 15) is 25.1 Å². The largest absolute Gasteiger partial charge is 0.459 e. The lowest BCUT2D eigenvalue weighted by atomic mass is 9.55. The van der Waals surface area contributed by atoms with Crippen LogP contribution in [0, 0.1) is 33.8 Å². The van der Waals surface area contributed by atoms with Crippen molar-refractivity contribution in [2.24, 2.45) is 28.8 Å². The van der Waals surface area contributed by atoms with Gasteiger partial charge in [-0.25, -0.2) is 0 Å². The van der Waals surface area contributed by atoms with Gasteiger partial charge in [0, 0.05) is 50.1 Å². The summed E-state index contributed by atoms with van der Waals surface area (Å²) in [6.45, 7) is 7.03. The normalized spacial score (nSPS) is 25.9. The first kappa shape index (κ1) is 42.3. The fraction of sp³-hybridized carbons (Fsp3) is 0.600. The third kappa shape index (κ3) is 9.39. The van der Waals surface area contributed by atoms with Crippen LogP contribution in [0.5, 0.6) is 17.2 Å². The maximum atomic E-state index is 14.6. The molecule has 2 fully saturated rings. The quantitative estimate of drug-likeness (QED) is 0.0547. The van der Waals surface area contributed by atoms with E-state index in [1.807, 2.05) is 23.1 Å². The molecule has 3 aliphatic carbocycles. The molecule has 12 nitrogen and oxygen atoms in total. The van der Waals surface area contributed by atoms with Crippen molar-refractivity contribution in [2.75, 3.05) is 33.5 Å². The number of nitrogens with zero attached hydrogens (tertiary/aromatic N) is 3. The van der Waals surface area contributed by atoms with Crippen LogP contribution < -0.4 is 9.47 Å². The molecule has 57 heavy (non-hydrogen) atoms. The maximum Gasteiger partial charge on any atom is 0.273 e. The van der Waals surface area contributed by atoms with Crippen LogP contribution in [0.25, 0.3) is 0 Å². The van der Waals surface area contributed by atoms with Gasteiger partial charge >= 0.3 is 0 Å². The number of aliphatic hydroxyl groups is 2. The predicted molar refractivity (Wildman–Crippen MR) is 218 cm³/mol. The third-order valence-electron chi connectivity index (χ3n) is 12.5. The molecule has 310 valence electrons. The molecule has 2 saturated carbocycles. The highest BCUT2D eigenvalue weighted by Crippen LogP contribution is 2.62. The second-order valence-corrected chi connectivity index (χ2v) is 16.1. The Bertz CT molecular complexity index is 1760. The summed E-state index contributed by atoms with van der Waals surface area (Å²) >= 11 is 0. The number of amides is 1. The van der Waals surface area contributed by atoms with E-state index in [4.69, 9.17) is 19.0 Å². The zero-order valence-electron chi connectivity index (χ0n) is 33.7. The molecule has 2 aromatic carbocycles. The number of fused-ring (bicyclic) bond motifs is 2. The zero-order valence-corrected chi connectivity index (χ0v) is 33.7. The minimum atomic E-state index is -1.31. The van der Waals surface area contributed by atoms with Gasteiger partial charge < -0.3 is 34.2 Å². The van der Waals surface area contributed by atoms with Gasteiger partial charge in [0.15, 0.2) is 0 Å². The number of unbranched alkanes of at least 4 members (excludes halogenated alkanes) is 2. The minimum absolute atomic E-state index is 0.0617. The molecule has 12 heteroatoms. The number of carbonyl (C=O) groups excluding carboxylic acids is 1. The van der Waals surface area contributed by atoms with E-state index >= 15 is 0 Å². The summed E-state index contributed by atoms with van der Waals surface area (Å²) < 4.78 is 20.7. The molecule has 2 aromatic rings. The van der Waals surface area contributed by atoms with Crippen molar-refractivity contribution < 1.29 is 39.0 Å². The summed E-state index contributed by atoms with van der Waals surface area (Å²) in [6.07, 6.45) is 15.9. The number of allylic oxidation sites excluding steroid dienone is 1. The van der Waals surface area contributed by atoms with Crippen LogP contribution in [-0.2, 0) is 14.4 Å². The van der Waals surface area contributed by atoms with Crippen molar-refractivity contribution in [2.45, 2.75) is 115 Å². The molecule has 0 radical (unpaired) electrons. The minimum Gasteiger partial charge on any atom is -0.459 e. The van der Waals surface area contributed by atoms with Crippen molar-refractivity contribution in [1.82, 2.24) is 4.90 Å². The van der Waals surface area contributed by atoms with Crippen molar-refractivity contribution in [3.8, 4) is 17.2 Å². The summed E-state index contributed by atoms with van der Waals surface area (Å²) in [6, 6.07) is 11.3. The second-order valence-electron chi connectivity index (χ2n) is 16.1. The van der Waals surface area contributed by atoms with Crippen LogP contribution >= 0.6 is 0 Å². The number of benzene rings is 2. The zero-order chi connectivity index (χ0) is 40.4. The van der Waals surface area contributed by atoms with E-state index in [-0.39, 0.29) is 49.2 Å². The molecule has 0 saturated heterocycles. The molecular formula is C45H61N3O9. The highest BCUT2D eigenvalue weighted by Gasteiger charge is 2.65. The Labute approximate surface area is 337 Å². The summed E-state index contributed by atoms with van der Waals surface area (Å²) in [4.78, 5) is 33.3. The molecule has 2 N–H and O–H groups in total. The number of oxime groups is 1. The standard InChI is InChI=1S/C45H61N3O9/c1-4-23-47(42(51)22-19-31-13-6-7-14-31)41-30-39(46-54-3)37-27-32(15-8-10-24-49)36(18-9-11-25-50)43-38-29-35(56-34-17-12-16-33(28-34)48(52)53)20-21-40(38)57-45(41,44(37)43)55-26-5-2/h5,12,16-17,20-21,27-29,31-32,36,41,43-44,49-50H,2,4,6-11,13-15,18-19,22-26,30H2,1,3H3. The molecule has 4 aliphatic rings. The first-order valence-electron chi connectivity index (χ1n) is 21.1. The van der Waals surface area contributed by atoms with Crippen molar-refractivity contribution >= 4 is 17.3 Å². The molecule has 1 aliphatic heterocycles. The van der Waals surface area contributed by atoms with E-state index in [1.54, 1.807) is 25.3 Å². The Morgan fingerprint density at radius 1 is 1.07 bits per heavy atom. The van der Waals surface area contributed by atoms with E-state index in [1.165, 1.54) is 37.8 Å². The molecule has 6 atom stereocenters. The van der Waals surface area contributed by atoms with Gasteiger partial charge in [0.1, 0.15) is 30.4 Å². The third-order valence-corrected chi connectivity index (χ3v) is 12.5.